The van der Waals surface area contributed by atoms with E-state index in [0.717, 1.165) is 5.56 Å². The Morgan fingerprint density at radius 2 is 0.933 bits per heavy atom. The van der Waals surface area contributed by atoms with Crippen molar-refractivity contribution >= 4 is 18.0 Å². The van der Waals surface area contributed by atoms with Gasteiger partial charge in [-0.1, -0.05) is 97.1 Å². The number of aliphatic hydroxyl groups is 1. The van der Waals surface area contributed by atoms with Gasteiger partial charge >= 0.3 is 0 Å². The van der Waals surface area contributed by atoms with Gasteiger partial charge in [0.05, 0.1) is 0 Å². The van der Waals surface area contributed by atoms with E-state index in [-0.39, 0.29) is 0 Å². The van der Waals surface area contributed by atoms with E-state index < -0.39 is 19.6 Å². The lowest BCUT2D eigenvalue weighted by atomic mass is 9.98. The minimum Gasteiger partial charge on any atom is -0.385 e. The lowest BCUT2D eigenvalue weighted by Gasteiger charge is -2.29. The summed E-state index contributed by atoms with van der Waals surface area (Å²) in [6.07, 6.45) is -1.78. The average Bonchev–Trinajstić information content (AvgIpc) is 2.84. The van der Waals surface area contributed by atoms with Crippen molar-refractivity contribution in [3.63, 3.8) is 0 Å². The summed E-state index contributed by atoms with van der Waals surface area (Å²) in [7, 11) is -3.48. The fourth-order valence-corrected chi connectivity index (χ4v) is 5.68. The van der Waals surface area contributed by atoms with E-state index in [2.05, 4.69) is 0 Å². The Kier molecular flexibility index (Phi) is 6.25. The smallest absolute Gasteiger partial charge is 0.261 e. The first kappa shape index (κ1) is 20.3. The van der Waals surface area contributed by atoms with Crippen LogP contribution in [0.2, 0.25) is 0 Å². The van der Waals surface area contributed by atoms with Gasteiger partial charge in [0.1, 0.15) is 12.2 Å². The van der Waals surface area contributed by atoms with Crippen LogP contribution in [0, 0.1) is 0 Å². The molecule has 0 heterocycles. The van der Waals surface area contributed by atoms with Gasteiger partial charge in [0.15, 0.2) is 0 Å². The first-order valence-electron chi connectivity index (χ1n) is 9.86. The summed E-state index contributed by atoms with van der Waals surface area (Å²) in [5, 5.41) is 12.4. The van der Waals surface area contributed by atoms with Crippen molar-refractivity contribution in [3.8, 4) is 0 Å². The van der Waals surface area contributed by atoms with Crippen molar-refractivity contribution < 1.29 is 14.2 Å². The molecule has 0 aliphatic rings. The zero-order chi connectivity index (χ0) is 20.8. The van der Waals surface area contributed by atoms with Crippen molar-refractivity contribution in [1.82, 2.24) is 0 Å². The van der Waals surface area contributed by atoms with Gasteiger partial charge in [-0.3, -0.25) is 4.57 Å². The van der Waals surface area contributed by atoms with Crippen molar-refractivity contribution in [3.05, 3.63) is 132 Å². The van der Waals surface area contributed by atoms with Crippen molar-refractivity contribution in [1.29, 1.82) is 0 Å². The predicted octanol–water partition coefficient (Wildman–Crippen LogP) is 5.41. The van der Waals surface area contributed by atoms with E-state index >= 15 is 0 Å². The molecule has 4 heteroatoms. The Morgan fingerprint density at radius 3 is 1.37 bits per heavy atom. The topological polar surface area (TPSA) is 46.5 Å². The third-order valence-corrected chi connectivity index (χ3v) is 7.49. The van der Waals surface area contributed by atoms with Gasteiger partial charge in [0, 0.05) is 10.6 Å². The van der Waals surface area contributed by atoms with Crippen LogP contribution in [-0.2, 0) is 9.09 Å². The molecule has 4 aromatic carbocycles. The van der Waals surface area contributed by atoms with Gasteiger partial charge in [0.2, 0.25) is 0 Å². The first-order valence-corrected chi connectivity index (χ1v) is 11.5. The Bertz CT molecular complexity index is 1060. The minimum atomic E-state index is -3.48. The normalized spacial score (nSPS) is 13.5. The molecule has 0 radical (unpaired) electrons. The molecule has 30 heavy (non-hydrogen) atoms. The molecule has 0 bridgehead atoms. The summed E-state index contributed by atoms with van der Waals surface area (Å²) in [4.78, 5) is 0. The third kappa shape index (κ3) is 4.29. The van der Waals surface area contributed by atoms with Crippen LogP contribution in [0.15, 0.2) is 121 Å². The van der Waals surface area contributed by atoms with Crippen LogP contribution < -0.4 is 10.6 Å². The number of hydrogen-bond donors (Lipinski definition) is 1. The molecule has 0 saturated heterocycles. The number of benzene rings is 4. The summed E-state index contributed by atoms with van der Waals surface area (Å²) in [5.74, 6) is 0. The van der Waals surface area contributed by atoms with Gasteiger partial charge in [-0.05, 0) is 35.4 Å². The lowest BCUT2D eigenvalue weighted by Crippen LogP contribution is -2.23. The Morgan fingerprint density at radius 1 is 0.567 bits per heavy atom. The van der Waals surface area contributed by atoms with Crippen molar-refractivity contribution in [2.45, 2.75) is 12.2 Å². The van der Waals surface area contributed by atoms with Gasteiger partial charge in [-0.15, -0.1) is 0 Å². The molecular formula is C26H23O3P. The van der Waals surface area contributed by atoms with Gasteiger partial charge in [0.25, 0.3) is 7.37 Å². The fourth-order valence-electron chi connectivity index (χ4n) is 3.45. The molecule has 0 aliphatic carbocycles. The molecule has 2 atom stereocenters. The molecule has 0 aliphatic heterocycles. The SMILES string of the molecule is O=P(O[C@@H](c1ccccc1)[C@@H](O)c1ccccc1)(c1ccccc1)c1ccccc1. The van der Waals surface area contributed by atoms with Crippen LogP contribution in [-0.4, -0.2) is 5.11 Å². The maximum Gasteiger partial charge on any atom is 0.261 e. The monoisotopic (exact) mass is 414 g/mol. The predicted molar refractivity (Wildman–Crippen MR) is 121 cm³/mol. The highest BCUT2D eigenvalue weighted by Gasteiger charge is 2.36. The fraction of sp³-hybridized carbons (Fsp3) is 0.0769. The maximum atomic E-state index is 14.4. The molecule has 150 valence electrons. The molecule has 0 fully saturated rings. The van der Waals surface area contributed by atoms with Crippen LogP contribution in [0.1, 0.15) is 23.3 Å². The second-order valence-electron chi connectivity index (χ2n) is 7.01. The highest BCUT2D eigenvalue weighted by molar-refractivity contribution is 7.74. The number of aliphatic hydroxyl groups excluding tert-OH is 1. The van der Waals surface area contributed by atoms with E-state index in [9.17, 15) is 9.67 Å². The summed E-state index contributed by atoms with van der Waals surface area (Å²) < 4.78 is 20.8. The second-order valence-corrected chi connectivity index (χ2v) is 9.36. The van der Waals surface area contributed by atoms with Crippen LogP contribution in [0.4, 0.5) is 0 Å². The van der Waals surface area contributed by atoms with Gasteiger partial charge in [-0.25, -0.2) is 0 Å². The summed E-state index contributed by atoms with van der Waals surface area (Å²) >= 11 is 0. The van der Waals surface area contributed by atoms with Gasteiger partial charge in [-0.2, -0.15) is 0 Å². The highest BCUT2D eigenvalue weighted by atomic mass is 31.2. The highest BCUT2D eigenvalue weighted by Crippen LogP contribution is 2.51. The molecule has 0 saturated carbocycles. The molecule has 0 spiro atoms. The standard InChI is InChI=1S/C26H23O3P/c27-25(21-13-5-1-6-14-21)26(22-15-7-2-8-16-22)29-30(28,23-17-9-3-10-18-23)24-19-11-4-12-20-24/h1-20,25-27H/t25-,26-/m0/s1. The van der Waals surface area contributed by atoms with Crippen molar-refractivity contribution in [2.75, 3.05) is 0 Å². The van der Waals surface area contributed by atoms with Crippen LogP contribution in [0.3, 0.4) is 0 Å². The molecule has 0 aromatic heterocycles. The zero-order valence-corrected chi connectivity index (χ0v) is 17.3. The maximum absolute atomic E-state index is 14.4. The Labute approximate surface area is 177 Å². The van der Waals surface area contributed by atoms with Crippen LogP contribution in [0.5, 0.6) is 0 Å². The van der Waals surface area contributed by atoms with Crippen LogP contribution >= 0.6 is 7.37 Å². The summed E-state index contributed by atoms with van der Waals surface area (Å²) in [5.41, 5.74) is 1.47. The molecule has 1 N–H and O–H groups in total. The second kappa shape index (κ2) is 9.23. The van der Waals surface area contributed by atoms with Crippen LogP contribution in [0.25, 0.3) is 0 Å². The van der Waals surface area contributed by atoms with E-state index in [1.165, 1.54) is 0 Å². The average molecular weight is 414 g/mol. The zero-order valence-electron chi connectivity index (χ0n) is 16.4. The number of hydrogen-bond acceptors (Lipinski definition) is 3. The molecule has 0 unspecified atom stereocenters. The third-order valence-electron chi connectivity index (χ3n) is 5.01. The quantitative estimate of drug-likeness (QED) is 0.412. The van der Waals surface area contributed by atoms with Gasteiger partial charge < -0.3 is 9.63 Å². The van der Waals surface area contributed by atoms with Crippen molar-refractivity contribution in [2.24, 2.45) is 0 Å². The van der Waals surface area contributed by atoms with E-state index in [1.807, 2.05) is 121 Å². The first-order chi connectivity index (χ1) is 14.7. The molecule has 3 nitrogen and oxygen atoms in total. The minimum absolute atomic E-state index is 0.595. The molecule has 0 amide bonds. The lowest BCUT2D eigenvalue weighted by molar-refractivity contribution is 0.0387. The largest absolute Gasteiger partial charge is 0.385 e. The van der Waals surface area contributed by atoms with E-state index in [4.69, 9.17) is 4.52 Å². The Balaban J connectivity index is 1.82. The molecular weight excluding hydrogens is 391 g/mol. The van der Waals surface area contributed by atoms with E-state index in [0.29, 0.717) is 16.2 Å². The summed E-state index contributed by atoms with van der Waals surface area (Å²) in [6, 6.07) is 37.2. The summed E-state index contributed by atoms with van der Waals surface area (Å²) in [6.45, 7) is 0. The molecule has 4 rings (SSSR count). The molecule has 4 aromatic rings. The Hall–Kier alpha value is -2.97. The number of rotatable bonds is 7. The van der Waals surface area contributed by atoms with E-state index in [1.54, 1.807) is 0 Å².